The van der Waals surface area contributed by atoms with E-state index in [1.165, 1.54) is 33.8 Å². The number of rotatable bonds is 3. The van der Waals surface area contributed by atoms with Gasteiger partial charge in [0.25, 0.3) is 0 Å². The summed E-state index contributed by atoms with van der Waals surface area (Å²) in [5.74, 6) is 0.393. The van der Waals surface area contributed by atoms with Crippen LogP contribution in [0.2, 0.25) is 5.02 Å². The van der Waals surface area contributed by atoms with Crippen LogP contribution in [-0.4, -0.2) is 4.98 Å². The Kier molecular flexibility index (Phi) is 5.37. The van der Waals surface area contributed by atoms with Gasteiger partial charge < -0.3 is 0 Å². The molecule has 32 heavy (non-hydrogen) atoms. The predicted octanol–water partition coefficient (Wildman–Crippen LogP) is 5.73. The van der Waals surface area contributed by atoms with Crippen molar-refractivity contribution in [3.63, 3.8) is 0 Å². The molecule has 0 saturated carbocycles. The zero-order chi connectivity index (χ0) is 22.5. The van der Waals surface area contributed by atoms with E-state index in [-0.39, 0.29) is 5.92 Å². The summed E-state index contributed by atoms with van der Waals surface area (Å²) in [6.07, 6.45) is 5.65. The maximum atomic E-state index is 13.1. The molecule has 1 heterocycles. The van der Waals surface area contributed by atoms with Gasteiger partial charge in [-0.3, -0.25) is 4.98 Å². The van der Waals surface area contributed by atoms with Crippen molar-refractivity contribution >= 4 is 23.8 Å². The Morgan fingerprint density at radius 3 is 2.62 bits per heavy atom. The van der Waals surface area contributed by atoms with Crippen LogP contribution in [0.25, 0.3) is 12.2 Å². The van der Waals surface area contributed by atoms with E-state index in [9.17, 15) is 13.2 Å². The Hall–Kier alpha value is -2.59. The standard InChI is InChI=1S/C27H22ClF3N/c1-16-2-7-24-18(10-16)5-8-25-23-9-6-22(28)13-20(23)12-19(26(24)25)4-3-17-11-21(15-32-14-17)27(29,30)31/h5-6,8-16,19H,1-4,7H2. The van der Waals surface area contributed by atoms with Gasteiger partial charge in [-0.25, -0.2) is 0 Å². The third-order valence-electron chi connectivity index (χ3n) is 6.50. The summed E-state index contributed by atoms with van der Waals surface area (Å²) >= 11 is 6.27. The first kappa shape index (κ1) is 21.3. The number of pyridine rings is 1. The molecule has 2 aliphatic rings. The van der Waals surface area contributed by atoms with E-state index in [0.29, 0.717) is 29.3 Å². The van der Waals surface area contributed by atoms with E-state index in [1.54, 1.807) is 0 Å². The fourth-order valence-corrected chi connectivity index (χ4v) is 5.17. The molecule has 0 spiro atoms. The minimum absolute atomic E-state index is 0.0928. The summed E-state index contributed by atoms with van der Waals surface area (Å²) in [6.45, 7) is 4.20. The lowest BCUT2D eigenvalue weighted by atomic mass is 9.79. The van der Waals surface area contributed by atoms with Crippen LogP contribution in [0, 0.1) is 23.3 Å². The minimum atomic E-state index is -4.39. The second kappa shape index (κ2) is 8.08. The van der Waals surface area contributed by atoms with E-state index in [1.807, 2.05) is 12.1 Å². The molecule has 5 rings (SSSR count). The molecule has 0 saturated heterocycles. The monoisotopic (exact) mass is 452 g/mol. The van der Waals surface area contributed by atoms with Crippen LogP contribution >= 0.6 is 11.6 Å². The number of hydrogen-bond acceptors (Lipinski definition) is 1. The van der Waals surface area contributed by atoms with Gasteiger partial charge in [-0.2, -0.15) is 13.2 Å². The Labute approximate surface area is 189 Å². The molecule has 0 fully saturated rings. The van der Waals surface area contributed by atoms with Crippen molar-refractivity contribution in [1.29, 1.82) is 0 Å². The van der Waals surface area contributed by atoms with Crippen molar-refractivity contribution in [3.05, 3.63) is 104 Å². The number of alkyl halides is 3. The zero-order valence-corrected chi connectivity index (χ0v) is 18.2. The predicted molar refractivity (Wildman–Crippen MR) is 121 cm³/mol. The topological polar surface area (TPSA) is 12.9 Å². The van der Waals surface area contributed by atoms with Crippen LogP contribution in [0.1, 0.15) is 41.0 Å². The summed E-state index contributed by atoms with van der Waals surface area (Å²) in [6, 6.07) is 11.5. The fourth-order valence-electron chi connectivity index (χ4n) is 4.99. The van der Waals surface area contributed by atoms with E-state index in [4.69, 9.17) is 11.6 Å². The molecule has 1 nitrogen and oxygen atoms in total. The fraction of sp³-hybridized carbons (Fsp3) is 0.259. The van der Waals surface area contributed by atoms with Gasteiger partial charge >= 0.3 is 6.18 Å². The summed E-state index contributed by atoms with van der Waals surface area (Å²) in [7, 11) is 0. The Morgan fingerprint density at radius 1 is 1.00 bits per heavy atom. The van der Waals surface area contributed by atoms with Gasteiger partial charge in [0.2, 0.25) is 0 Å². The summed E-state index contributed by atoms with van der Waals surface area (Å²) in [5, 5.41) is 5.33. The molecule has 2 unspecified atom stereocenters. The van der Waals surface area contributed by atoms with E-state index < -0.39 is 11.7 Å². The summed E-state index contributed by atoms with van der Waals surface area (Å²) < 4.78 is 39.3. The molecule has 0 bridgehead atoms. The van der Waals surface area contributed by atoms with Gasteiger partial charge in [-0.1, -0.05) is 42.0 Å². The molecule has 2 aliphatic carbocycles. The van der Waals surface area contributed by atoms with Gasteiger partial charge in [0, 0.05) is 23.3 Å². The summed E-state index contributed by atoms with van der Waals surface area (Å²) in [4.78, 5) is 3.83. The molecular formula is C27H22ClF3N. The highest BCUT2D eigenvalue weighted by molar-refractivity contribution is 6.30. The third kappa shape index (κ3) is 3.97. The number of aromatic nitrogens is 1. The van der Waals surface area contributed by atoms with Crippen molar-refractivity contribution in [2.45, 2.75) is 37.8 Å². The van der Waals surface area contributed by atoms with Crippen molar-refractivity contribution in [2.75, 3.05) is 0 Å². The lowest BCUT2D eigenvalue weighted by Crippen LogP contribution is -2.24. The number of fused-ring (bicyclic) bond motifs is 4. The largest absolute Gasteiger partial charge is 0.417 e. The number of aryl methyl sites for hydroxylation is 1. The van der Waals surface area contributed by atoms with Crippen LogP contribution in [-0.2, 0) is 19.0 Å². The van der Waals surface area contributed by atoms with Crippen molar-refractivity contribution < 1.29 is 13.2 Å². The van der Waals surface area contributed by atoms with Crippen molar-refractivity contribution in [1.82, 2.24) is 4.98 Å². The second-order valence-electron chi connectivity index (χ2n) is 8.68. The molecule has 163 valence electrons. The molecular weight excluding hydrogens is 431 g/mol. The lowest BCUT2D eigenvalue weighted by Gasteiger charge is -2.25. The number of halogens is 4. The average molecular weight is 453 g/mol. The molecule has 5 heteroatoms. The van der Waals surface area contributed by atoms with Crippen LogP contribution < -0.4 is 10.4 Å². The lowest BCUT2D eigenvalue weighted by molar-refractivity contribution is -0.137. The maximum Gasteiger partial charge on any atom is 0.417 e. The van der Waals surface area contributed by atoms with E-state index in [0.717, 1.165) is 29.5 Å². The van der Waals surface area contributed by atoms with Gasteiger partial charge in [-0.05, 0) is 94.3 Å². The summed E-state index contributed by atoms with van der Waals surface area (Å²) in [5.41, 5.74) is 2.53. The second-order valence-corrected chi connectivity index (χ2v) is 9.12. The Bertz CT molecular complexity index is 1410. The average Bonchev–Trinajstić information content (AvgIpc) is 2.76. The number of nitrogens with zero attached hydrogens (tertiary/aromatic N) is 1. The quantitative estimate of drug-likeness (QED) is 0.494. The van der Waals surface area contributed by atoms with Crippen LogP contribution in [0.4, 0.5) is 13.2 Å². The third-order valence-corrected chi connectivity index (χ3v) is 6.73. The SMILES string of the molecule is [CH2]C1C=c2ccc3c(c2CC1)C(CCc1cncc(C(F)(F)F)c1)C=c1cc(Cl)ccc1=3. The van der Waals surface area contributed by atoms with E-state index in [2.05, 4.69) is 42.3 Å². The van der Waals surface area contributed by atoms with Crippen LogP contribution in [0.5, 0.6) is 0 Å². The maximum absolute atomic E-state index is 13.1. The molecule has 0 N–H and O–H groups in total. The van der Waals surface area contributed by atoms with Gasteiger partial charge in [-0.15, -0.1) is 0 Å². The minimum Gasteiger partial charge on any atom is -0.264 e. The van der Waals surface area contributed by atoms with Gasteiger partial charge in [0.05, 0.1) is 5.56 Å². The molecule has 1 aromatic heterocycles. The molecule has 0 amide bonds. The number of hydrogen-bond donors (Lipinski definition) is 0. The number of benzene rings is 2. The first-order chi connectivity index (χ1) is 15.3. The first-order valence-corrected chi connectivity index (χ1v) is 11.2. The van der Waals surface area contributed by atoms with Gasteiger partial charge in [0.1, 0.15) is 0 Å². The molecule has 3 aromatic rings. The van der Waals surface area contributed by atoms with Crippen molar-refractivity contribution in [2.24, 2.45) is 5.92 Å². The molecule has 2 atom stereocenters. The van der Waals surface area contributed by atoms with Gasteiger partial charge in [0.15, 0.2) is 0 Å². The van der Waals surface area contributed by atoms with Crippen LogP contribution in [0.3, 0.4) is 0 Å². The first-order valence-electron chi connectivity index (χ1n) is 10.8. The zero-order valence-electron chi connectivity index (χ0n) is 17.4. The van der Waals surface area contributed by atoms with Crippen molar-refractivity contribution in [3.8, 4) is 0 Å². The van der Waals surface area contributed by atoms with E-state index >= 15 is 0 Å². The highest BCUT2D eigenvalue weighted by atomic mass is 35.5. The molecule has 0 aliphatic heterocycles. The molecule has 1 radical (unpaired) electrons. The molecule has 2 aromatic carbocycles. The normalized spacial score (nSPS) is 19.3. The highest BCUT2D eigenvalue weighted by Gasteiger charge is 2.31. The Balaban J connectivity index is 1.61. The van der Waals surface area contributed by atoms with Crippen LogP contribution in [0.15, 0.2) is 48.8 Å². The smallest absolute Gasteiger partial charge is 0.264 e. The highest BCUT2D eigenvalue weighted by Crippen LogP contribution is 2.33. The Morgan fingerprint density at radius 2 is 1.81 bits per heavy atom.